The molecule has 5 heteroatoms. The summed E-state index contributed by atoms with van der Waals surface area (Å²) >= 11 is 0. The maximum atomic E-state index is 5.63. The molecule has 0 saturated heterocycles. The minimum atomic E-state index is 0.342. The molecule has 0 bridgehead atoms. The lowest BCUT2D eigenvalue weighted by molar-refractivity contribution is 0.150. The van der Waals surface area contributed by atoms with Crippen molar-refractivity contribution in [1.29, 1.82) is 0 Å². The van der Waals surface area contributed by atoms with Gasteiger partial charge in [0.25, 0.3) is 0 Å². The van der Waals surface area contributed by atoms with Crippen molar-refractivity contribution in [2.45, 2.75) is 19.8 Å². The van der Waals surface area contributed by atoms with Crippen LogP contribution in [0, 0.1) is 0 Å². The van der Waals surface area contributed by atoms with Gasteiger partial charge < -0.3 is 15.8 Å². The van der Waals surface area contributed by atoms with E-state index in [1.54, 1.807) is 0 Å². The van der Waals surface area contributed by atoms with E-state index in [0.717, 1.165) is 37.5 Å². The van der Waals surface area contributed by atoms with E-state index in [9.17, 15) is 0 Å². The summed E-state index contributed by atoms with van der Waals surface area (Å²) in [5.74, 6) is 1.24. The van der Waals surface area contributed by atoms with Gasteiger partial charge >= 0.3 is 0 Å². The van der Waals surface area contributed by atoms with Crippen LogP contribution in [-0.4, -0.2) is 29.7 Å². The summed E-state index contributed by atoms with van der Waals surface area (Å²) < 4.78 is 5.32. The molecule has 0 amide bonds. The molecule has 0 fully saturated rings. The highest BCUT2D eigenvalue weighted by molar-refractivity contribution is 5.53. The van der Waals surface area contributed by atoms with Gasteiger partial charge in [-0.15, -0.1) is 0 Å². The lowest BCUT2D eigenvalue weighted by Crippen LogP contribution is -2.07. The molecule has 0 unspecified atom stereocenters. The predicted octanol–water partition coefficient (Wildman–Crippen LogP) is 0.606. The molecule has 15 heavy (non-hydrogen) atoms. The second-order valence-corrected chi connectivity index (χ2v) is 3.48. The van der Waals surface area contributed by atoms with Crippen molar-refractivity contribution in [3.63, 3.8) is 0 Å². The minimum Gasteiger partial charge on any atom is -0.381 e. The van der Waals surface area contributed by atoms with Gasteiger partial charge in [0.2, 0.25) is 5.95 Å². The Balaban J connectivity index is 2.15. The van der Waals surface area contributed by atoms with Crippen molar-refractivity contribution in [2.75, 3.05) is 30.8 Å². The van der Waals surface area contributed by atoms with Gasteiger partial charge in [0.15, 0.2) is 0 Å². The predicted molar refractivity (Wildman–Crippen MR) is 58.8 cm³/mol. The summed E-state index contributed by atoms with van der Waals surface area (Å²) in [6, 6.07) is 0. The van der Waals surface area contributed by atoms with Crippen molar-refractivity contribution >= 4 is 11.8 Å². The maximum absolute atomic E-state index is 5.63. The molecule has 0 aromatic carbocycles. The number of nitrogen functional groups attached to an aromatic ring is 1. The summed E-state index contributed by atoms with van der Waals surface area (Å²) in [5, 5.41) is 3.20. The second-order valence-electron chi connectivity index (χ2n) is 3.48. The zero-order valence-corrected chi connectivity index (χ0v) is 8.92. The fourth-order valence-electron chi connectivity index (χ4n) is 1.78. The van der Waals surface area contributed by atoms with Crippen LogP contribution in [0.2, 0.25) is 0 Å². The van der Waals surface area contributed by atoms with Crippen LogP contribution in [0.25, 0.3) is 0 Å². The first-order valence-electron chi connectivity index (χ1n) is 5.28. The summed E-state index contributed by atoms with van der Waals surface area (Å²) in [7, 11) is 0. The number of nitrogens with one attached hydrogen (secondary N) is 1. The lowest BCUT2D eigenvalue weighted by atomic mass is 10.1. The molecule has 1 aliphatic rings. The van der Waals surface area contributed by atoms with E-state index in [-0.39, 0.29) is 0 Å². The van der Waals surface area contributed by atoms with Gasteiger partial charge in [0, 0.05) is 25.1 Å². The van der Waals surface area contributed by atoms with E-state index in [4.69, 9.17) is 10.5 Å². The maximum Gasteiger partial charge on any atom is 0.222 e. The Labute approximate surface area is 89.1 Å². The van der Waals surface area contributed by atoms with Crippen LogP contribution in [0.15, 0.2) is 0 Å². The van der Waals surface area contributed by atoms with Crippen molar-refractivity contribution in [3.8, 4) is 0 Å². The van der Waals surface area contributed by atoms with Crippen LogP contribution in [0.1, 0.15) is 18.2 Å². The third-order valence-electron chi connectivity index (χ3n) is 2.46. The average molecular weight is 208 g/mol. The van der Waals surface area contributed by atoms with Crippen LogP contribution in [0.3, 0.4) is 0 Å². The number of ether oxygens (including phenoxy) is 1. The highest BCUT2D eigenvalue weighted by Gasteiger charge is 2.17. The molecule has 2 rings (SSSR count). The van der Waals surface area contributed by atoms with Crippen LogP contribution in [-0.2, 0) is 17.6 Å². The molecule has 1 aliphatic heterocycles. The molecule has 1 aromatic heterocycles. The normalized spacial score (nSPS) is 13.7. The SMILES string of the molecule is CCOCCc1nc(N)nc2c1CCN2. The zero-order chi connectivity index (χ0) is 10.7. The van der Waals surface area contributed by atoms with Gasteiger partial charge in [-0.05, 0) is 13.3 Å². The Morgan fingerprint density at radius 1 is 1.47 bits per heavy atom. The largest absolute Gasteiger partial charge is 0.381 e. The number of hydrogen-bond acceptors (Lipinski definition) is 5. The van der Waals surface area contributed by atoms with Crippen molar-refractivity contribution < 1.29 is 4.74 Å². The van der Waals surface area contributed by atoms with Gasteiger partial charge in [0.1, 0.15) is 5.82 Å². The topological polar surface area (TPSA) is 73.1 Å². The number of hydrogen-bond donors (Lipinski definition) is 2. The van der Waals surface area contributed by atoms with Gasteiger partial charge in [-0.1, -0.05) is 0 Å². The third kappa shape index (κ3) is 2.18. The Morgan fingerprint density at radius 2 is 2.33 bits per heavy atom. The third-order valence-corrected chi connectivity index (χ3v) is 2.46. The fraction of sp³-hybridized carbons (Fsp3) is 0.600. The Kier molecular flexibility index (Phi) is 3.01. The molecular weight excluding hydrogens is 192 g/mol. The van der Waals surface area contributed by atoms with Crippen LogP contribution in [0.5, 0.6) is 0 Å². The van der Waals surface area contributed by atoms with Crippen LogP contribution < -0.4 is 11.1 Å². The Morgan fingerprint density at radius 3 is 3.13 bits per heavy atom. The molecule has 0 spiro atoms. The van der Waals surface area contributed by atoms with Crippen molar-refractivity contribution in [1.82, 2.24) is 9.97 Å². The number of nitrogens with two attached hydrogens (primary N) is 1. The zero-order valence-electron chi connectivity index (χ0n) is 8.92. The number of fused-ring (bicyclic) bond motifs is 1. The first-order chi connectivity index (χ1) is 7.31. The Bertz CT molecular complexity index is 354. The summed E-state index contributed by atoms with van der Waals surface area (Å²) in [6.07, 6.45) is 1.79. The fourth-order valence-corrected chi connectivity index (χ4v) is 1.78. The van der Waals surface area contributed by atoms with Crippen LogP contribution in [0.4, 0.5) is 11.8 Å². The quantitative estimate of drug-likeness (QED) is 0.709. The van der Waals surface area contributed by atoms with E-state index in [1.807, 2.05) is 6.92 Å². The first-order valence-corrected chi connectivity index (χ1v) is 5.28. The van der Waals surface area contributed by atoms with E-state index in [0.29, 0.717) is 12.6 Å². The Hall–Kier alpha value is -1.36. The molecule has 2 heterocycles. The van der Waals surface area contributed by atoms with Crippen LogP contribution >= 0.6 is 0 Å². The van der Waals surface area contributed by atoms with Gasteiger partial charge in [-0.2, -0.15) is 4.98 Å². The molecule has 0 aliphatic carbocycles. The molecule has 0 atom stereocenters. The molecule has 5 nitrogen and oxygen atoms in total. The summed E-state index contributed by atoms with van der Waals surface area (Å²) in [4.78, 5) is 8.42. The highest BCUT2D eigenvalue weighted by atomic mass is 16.5. The summed E-state index contributed by atoms with van der Waals surface area (Å²) in [5.41, 5.74) is 7.85. The average Bonchev–Trinajstić information content (AvgIpc) is 2.65. The minimum absolute atomic E-state index is 0.342. The number of nitrogens with zero attached hydrogens (tertiary/aromatic N) is 2. The molecule has 3 N–H and O–H groups in total. The summed E-state index contributed by atoms with van der Waals surface area (Å²) in [6.45, 7) is 4.34. The smallest absolute Gasteiger partial charge is 0.222 e. The monoisotopic (exact) mass is 208 g/mol. The number of rotatable bonds is 4. The van der Waals surface area contributed by atoms with E-state index >= 15 is 0 Å². The lowest BCUT2D eigenvalue weighted by Gasteiger charge is -2.07. The van der Waals surface area contributed by atoms with Crippen molar-refractivity contribution in [3.05, 3.63) is 11.3 Å². The first kappa shape index (κ1) is 10.2. The number of anilines is 2. The van der Waals surface area contributed by atoms with Gasteiger partial charge in [-0.3, -0.25) is 0 Å². The van der Waals surface area contributed by atoms with Crippen molar-refractivity contribution in [2.24, 2.45) is 0 Å². The van der Waals surface area contributed by atoms with E-state index < -0.39 is 0 Å². The highest BCUT2D eigenvalue weighted by Crippen LogP contribution is 2.23. The van der Waals surface area contributed by atoms with E-state index in [2.05, 4.69) is 15.3 Å². The molecule has 82 valence electrons. The molecular formula is C10H16N4O. The molecule has 1 aromatic rings. The standard InChI is InChI=1S/C10H16N4O/c1-2-15-6-4-8-7-3-5-12-9(7)14-10(11)13-8/h2-6H2,1H3,(H3,11,12,13,14). The van der Waals surface area contributed by atoms with E-state index in [1.165, 1.54) is 5.56 Å². The molecule has 0 radical (unpaired) electrons. The van der Waals surface area contributed by atoms with Gasteiger partial charge in [0.05, 0.1) is 12.3 Å². The number of aromatic nitrogens is 2. The molecule has 0 saturated carbocycles. The van der Waals surface area contributed by atoms with Gasteiger partial charge in [-0.25, -0.2) is 4.98 Å². The second kappa shape index (κ2) is 4.44.